The Morgan fingerprint density at radius 1 is 0.962 bits per heavy atom. The maximum absolute atomic E-state index is 12.5. The van der Waals surface area contributed by atoms with Crippen LogP contribution >= 0.6 is 0 Å². The molecule has 0 radical (unpaired) electrons. The number of hydrogen-bond donors (Lipinski definition) is 1. The summed E-state index contributed by atoms with van der Waals surface area (Å²) in [5.41, 5.74) is 2.37. The highest BCUT2D eigenvalue weighted by Gasteiger charge is 2.18. The van der Waals surface area contributed by atoms with Crippen LogP contribution in [0.25, 0.3) is 0 Å². The van der Waals surface area contributed by atoms with Crippen LogP contribution < -0.4 is 5.32 Å². The van der Waals surface area contributed by atoms with Crippen LogP contribution in [0.3, 0.4) is 0 Å². The Kier molecular flexibility index (Phi) is 6.94. The van der Waals surface area contributed by atoms with Crippen molar-refractivity contribution in [2.24, 2.45) is 0 Å². The lowest BCUT2D eigenvalue weighted by Gasteiger charge is -2.20. The predicted octanol–water partition coefficient (Wildman–Crippen LogP) is 2.86. The molecule has 0 saturated heterocycles. The lowest BCUT2D eigenvalue weighted by molar-refractivity contribution is 0.0947. The van der Waals surface area contributed by atoms with Gasteiger partial charge in [-0.1, -0.05) is 50.2 Å². The minimum Gasteiger partial charge on any atom is -0.348 e. The number of nitrogens with one attached hydrogen (secondary N) is 1. The molecule has 0 spiro atoms. The molecule has 0 aromatic heterocycles. The summed E-state index contributed by atoms with van der Waals surface area (Å²) in [7, 11) is -3.46. The third-order valence-electron chi connectivity index (χ3n) is 4.38. The van der Waals surface area contributed by atoms with E-state index in [9.17, 15) is 13.2 Å². The fourth-order valence-electron chi connectivity index (χ4n) is 2.82. The molecular formula is C20H26N2O3S. The number of hydrogen-bond acceptors (Lipinski definition) is 4. The van der Waals surface area contributed by atoms with Gasteiger partial charge < -0.3 is 5.32 Å². The summed E-state index contributed by atoms with van der Waals surface area (Å²) < 4.78 is 23.8. The van der Waals surface area contributed by atoms with Crippen LogP contribution in [-0.2, 0) is 22.9 Å². The molecule has 140 valence electrons. The molecule has 0 fully saturated rings. The van der Waals surface area contributed by atoms with Crippen molar-refractivity contribution >= 4 is 15.7 Å². The molecule has 2 aromatic carbocycles. The van der Waals surface area contributed by atoms with Gasteiger partial charge in [0.25, 0.3) is 5.91 Å². The summed E-state index contributed by atoms with van der Waals surface area (Å²) in [6.45, 7) is 7.33. The van der Waals surface area contributed by atoms with Gasteiger partial charge in [-0.25, -0.2) is 8.42 Å². The van der Waals surface area contributed by atoms with Gasteiger partial charge in [-0.3, -0.25) is 9.69 Å². The first kappa shape index (κ1) is 20.1. The third kappa shape index (κ3) is 5.16. The van der Waals surface area contributed by atoms with Crippen molar-refractivity contribution in [3.8, 4) is 0 Å². The Morgan fingerprint density at radius 3 is 2.15 bits per heavy atom. The SMILES string of the molecule is CCN(CC)Cc1ccccc1CNC(=O)c1ccccc1S(C)(=O)=O. The van der Waals surface area contributed by atoms with E-state index in [4.69, 9.17) is 0 Å². The van der Waals surface area contributed by atoms with E-state index in [-0.39, 0.29) is 16.4 Å². The van der Waals surface area contributed by atoms with Crippen molar-refractivity contribution in [2.45, 2.75) is 31.8 Å². The summed E-state index contributed by atoms with van der Waals surface area (Å²) in [4.78, 5) is 14.9. The first-order valence-electron chi connectivity index (χ1n) is 8.73. The third-order valence-corrected chi connectivity index (χ3v) is 5.53. The van der Waals surface area contributed by atoms with Crippen LogP contribution in [0.1, 0.15) is 35.3 Å². The molecular weight excluding hydrogens is 348 g/mol. The summed E-state index contributed by atoms with van der Waals surface area (Å²) in [6.07, 6.45) is 1.11. The zero-order valence-electron chi connectivity index (χ0n) is 15.5. The van der Waals surface area contributed by atoms with E-state index in [1.165, 1.54) is 12.1 Å². The molecule has 0 heterocycles. The lowest BCUT2D eigenvalue weighted by atomic mass is 10.1. The zero-order chi connectivity index (χ0) is 19.2. The van der Waals surface area contributed by atoms with Gasteiger partial charge >= 0.3 is 0 Å². The quantitative estimate of drug-likeness (QED) is 0.772. The summed E-state index contributed by atoms with van der Waals surface area (Å²) in [5, 5.41) is 2.86. The topological polar surface area (TPSA) is 66.5 Å². The molecule has 2 aromatic rings. The van der Waals surface area contributed by atoms with E-state index < -0.39 is 9.84 Å². The second-order valence-electron chi connectivity index (χ2n) is 6.18. The molecule has 0 aliphatic carbocycles. The van der Waals surface area contributed by atoms with Crippen LogP contribution in [0.2, 0.25) is 0 Å². The van der Waals surface area contributed by atoms with Crippen molar-refractivity contribution in [2.75, 3.05) is 19.3 Å². The Balaban J connectivity index is 2.17. The first-order valence-corrected chi connectivity index (χ1v) is 10.6. The van der Waals surface area contributed by atoms with E-state index >= 15 is 0 Å². The zero-order valence-corrected chi connectivity index (χ0v) is 16.3. The molecule has 0 saturated carbocycles. The van der Waals surface area contributed by atoms with Crippen LogP contribution in [0.5, 0.6) is 0 Å². The van der Waals surface area contributed by atoms with Gasteiger partial charge in [0.1, 0.15) is 0 Å². The van der Waals surface area contributed by atoms with Gasteiger partial charge in [-0.15, -0.1) is 0 Å². The fraction of sp³-hybridized carbons (Fsp3) is 0.350. The van der Waals surface area contributed by atoms with Gasteiger partial charge in [0.15, 0.2) is 9.84 Å². The van der Waals surface area contributed by atoms with Crippen molar-refractivity contribution in [3.05, 3.63) is 65.2 Å². The summed E-state index contributed by atoms with van der Waals surface area (Å²) in [6, 6.07) is 14.3. The van der Waals surface area contributed by atoms with Crippen LogP contribution in [-0.4, -0.2) is 38.6 Å². The minimum absolute atomic E-state index is 0.0499. The smallest absolute Gasteiger partial charge is 0.252 e. The van der Waals surface area contributed by atoms with Gasteiger partial charge in [0.2, 0.25) is 0 Å². The fourth-order valence-corrected chi connectivity index (χ4v) is 3.71. The second-order valence-corrected chi connectivity index (χ2v) is 8.17. The molecule has 0 unspecified atom stereocenters. The number of carbonyl (C=O) groups is 1. The highest BCUT2D eigenvalue weighted by Crippen LogP contribution is 2.16. The standard InChI is InChI=1S/C20H26N2O3S/c1-4-22(5-2)15-17-11-7-6-10-16(17)14-21-20(23)18-12-8-9-13-19(18)26(3,24)25/h6-13H,4-5,14-15H2,1-3H3,(H,21,23). The van der Waals surface area contributed by atoms with Gasteiger partial charge in [-0.05, 0) is 36.3 Å². The van der Waals surface area contributed by atoms with Crippen LogP contribution in [0.4, 0.5) is 0 Å². The van der Waals surface area contributed by atoms with E-state index in [1.54, 1.807) is 12.1 Å². The number of carbonyl (C=O) groups excluding carboxylic acids is 1. The average Bonchev–Trinajstić information content (AvgIpc) is 2.64. The molecule has 1 amide bonds. The van der Waals surface area contributed by atoms with E-state index in [0.717, 1.165) is 37.0 Å². The highest BCUT2D eigenvalue weighted by atomic mass is 32.2. The van der Waals surface area contributed by atoms with Crippen LogP contribution in [0.15, 0.2) is 53.4 Å². The van der Waals surface area contributed by atoms with E-state index in [1.807, 2.05) is 18.2 Å². The molecule has 1 N–H and O–H groups in total. The number of nitrogens with zero attached hydrogens (tertiary/aromatic N) is 1. The molecule has 5 nitrogen and oxygen atoms in total. The predicted molar refractivity (Wildman–Crippen MR) is 104 cm³/mol. The molecule has 0 aliphatic heterocycles. The highest BCUT2D eigenvalue weighted by molar-refractivity contribution is 7.90. The van der Waals surface area contributed by atoms with Crippen molar-refractivity contribution in [1.82, 2.24) is 10.2 Å². The number of rotatable bonds is 8. The number of amides is 1. The maximum atomic E-state index is 12.5. The lowest BCUT2D eigenvalue weighted by Crippen LogP contribution is -2.27. The second kappa shape index (κ2) is 8.96. The first-order chi connectivity index (χ1) is 12.4. The molecule has 6 heteroatoms. The van der Waals surface area contributed by atoms with Gasteiger partial charge in [0, 0.05) is 19.3 Å². The average molecular weight is 375 g/mol. The number of benzene rings is 2. The monoisotopic (exact) mass is 374 g/mol. The Bertz CT molecular complexity index is 859. The largest absolute Gasteiger partial charge is 0.348 e. The maximum Gasteiger partial charge on any atom is 0.252 e. The van der Waals surface area contributed by atoms with Gasteiger partial charge in [0.05, 0.1) is 10.5 Å². The Hall–Kier alpha value is -2.18. The molecule has 2 rings (SSSR count). The normalized spacial score (nSPS) is 11.5. The number of sulfone groups is 1. The minimum atomic E-state index is -3.46. The van der Waals surface area contributed by atoms with Crippen molar-refractivity contribution in [1.29, 1.82) is 0 Å². The molecule has 0 atom stereocenters. The molecule has 26 heavy (non-hydrogen) atoms. The summed E-state index contributed by atoms with van der Waals surface area (Å²) >= 11 is 0. The van der Waals surface area contributed by atoms with Crippen molar-refractivity contribution in [3.63, 3.8) is 0 Å². The van der Waals surface area contributed by atoms with E-state index in [0.29, 0.717) is 6.54 Å². The summed E-state index contributed by atoms with van der Waals surface area (Å²) in [5.74, 6) is -0.385. The van der Waals surface area contributed by atoms with Crippen molar-refractivity contribution < 1.29 is 13.2 Å². The van der Waals surface area contributed by atoms with E-state index in [2.05, 4.69) is 30.1 Å². The van der Waals surface area contributed by atoms with Gasteiger partial charge in [-0.2, -0.15) is 0 Å². The van der Waals surface area contributed by atoms with Crippen LogP contribution in [0, 0.1) is 0 Å². The Labute approximate surface area is 156 Å². The molecule has 0 aliphatic rings. The Morgan fingerprint density at radius 2 is 1.54 bits per heavy atom. The molecule has 0 bridgehead atoms.